The topological polar surface area (TPSA) is 52.6 Å². The Morgan fingerprint density at radius 3 is 1.12 bits per heavy atom. The molecule has 0 aliphatic carbocycles. The number of hydrogen-bond acceptors (Lipinski definition) is 4. The normalized spacial score (nSPS) is 12.2. The number of benzene rings is 7. The van der Waals surface area contributed by atoms with Crippen molar-refractivity contribution in [2.45, 2.75) is 120 Å². The van der Waals surface area contributed by atoms with Crippen molar-refractivity contribution in [1.29, 1.82) is 0 Å². The van der Waals surface area contributed by atoms with E-state index in [0.717, 1.165) is 55.4 Å². The van der Waals surface area contributed by atoms with Crippen molar-refractivity contribution in [1.82, 2.24) is 0 Å². The molecule has 7 aromatic rings. The van der Waals surface area contributed by atoms with Crippen molar-refractivity contribution in [2.24, 2.45) is 0 Å². The van der Waals surface area contributed by atoms with E-state index >= 15 is 0 Å². The minimum atomic E-state index is -3.72. The van der Waals surface area contributed by atoms with Crippen LogP contribution in [0.4, 0.5) is 0 Å². The van der Waals surface area contributed by atoms with E-state index < -0.39 is 9.84 Å². The fourth-order valence-electron chi connectivity index (χ4n) is 8.25. The van der Waals surface area contributed by atoms with Crippen LogP contribution >= 0.6 is 0 Å². The Morgan fingerprint density at radius 1 is 0.391 bits per heavy atom. The zero-order valence-electron chi connectivity index (χ0n) is 38.9. The van der Waals surface area contributed by atoms with Crippen LogP contribution in [0.1, 0.15) is 120 Å². The SMILES string of the molecule is CCC(C)(CC)Oc1ccc(Cc2ccc(Cc3ccc(Oc4ccc(S(=O)(=O)c5ccc(-c6ccc(C(C)(C)c7ccc(C(C)(CC)CC)cc7)cc6)cc5)cc4)cc3)cc2)cc1. The van der Waals surface area contributed by atoms with Gasteiger partial charge in [-0.05, 0) is 162 Å². The average Bonchev–Trinajstić information content (AvgIpc) is 3.33. The monoisotopic (exact) mass is 868 g/mol. The van der Waals surface area contributed by atoms with Gasteiger partial charge in [0.2, 0.25) is 9.84 Å². The maximum Gasteiger partial charge on any atom is 0.206 e. The first kappa shape index (κ1) is 46.1. The highest BCUT2D eigenvalue weighted by Crippen LogP contribution is 2.37. The predicted octanol–water partition coefficient (Wildman–Crippen LogP) is 15.5. The van der Waals surface area contributed by atoms with Gasteiger partial charge in [0.15, 0.2) is 0 Å². The van der Waals surface area contributed by atoms with E-state index in [9.17, 15) is 8.42 Å². The zero-order valence-corrected chi connectivity index (χ0v) is 39.8. The molecule has 0 saturated carbocycles. The number of rotatable bonds is 18. The Hall–Kier alpha value is -5.91. The second-order valence-corrected chi connectivity index (χ2v) is 20.3. The molecule has 0 aromatic heterocycles. The molecular weight excluding hydrogens is 805 g/mol. The van der Waals surface area contributed by atoms with E-state index in [1.165, 1.54) is 38.9 Å². The van der Waals surface area contributed by atoms with Crippen LogP contribution in [0.5, 0.6) is 17.2 Å². The summed E-state index contributed by atoms with van der Waals surface area (Å²) in [7, 11) is -3.72. The van der Waals surface area contributed by atoms with E-state index in [4.69, 9.17) is 9.47 Å². The van der Waals surface area contributed by atoms with Crippen molar-refractivity contribution < 1.29 is 17.9 Å². The minimum absolute atomic E-state index is 0.129. The highest BCUT2D eigenvalue weighted by atomic mass is 32.2. The van der Waals surface area contributed by atoms with Crippen LogP contribution in [0.15, 0.2) is 180 Å². The lowest BCUT2D eigenvalue weighted by molar-refractivity contribution is 0.0803. The highest BCUT2D eigenvalue weighted by Gasteiger charge is 2.27. The molecule has 0 aliphatic heterocycles. The Balaban J connectivity index is 0.916. The maximum atomic E-state index is 13.7. The summed E-state index contributed by atoms with van der Waals surface area (Å²) in [6.45, 7) is 17.9. The van der Waals surface area contributed by atoms with Gasteiger partial charge in [-0.25, -0.2) is 8.42 Å². The molecule has 0 bridgehead atoms. The molecule has 0 radical (unpaired) electrons. The molecule has 0 fully saturated rings. The summed E-state index contributed by atoms with van der Waals surface area (Å²) >= 11 is 0. The van der Waals surface area contributed by atoms with E-state index in [2.05, 4.69) is 165 Å². The van der Waals surface area contributed by atoms with Crippen molar-refractivity contribution in [3.05, 3.63) is 209 Å². The summed E-state index contributed by atoms with van der Waals surface area (Å²) in [6.07, 6.45) is 5.87. The third kappa shape index (κ3) is 10.5. The van der Waals surface area contributed by atoms with Gasteiger partial charge in [-0.2, -0.15) is 0 Å². The van der Waals surface area contributed by atoms with Gasteiger partial charge in [0.1, 0.15) is 22.8 Å². The van der Waals surface area contributed by atoms with Crippen molar-refractivity contribution in [2.75, 3.05) is 0 Å². The molecule has 7 aromatic carbocycles. The molecule has 330 valence electrons. The fraction of sp³-hybridized carbons (Fsp3) is 0.288. The molecule has 4 nitrogen and oxygen atoms in total. The van der Waals surface area contributed by atoms with E-state index in [0.29, 0.717) is 11.5 Å². The Kier molecular flexibility index (Phi) is 14.0. The number of ether oxygens (including phenoxy) is 2. The zero-order chi connectivity index (χ0) is 45.5. The minimum Gasteiger partial charge on any atom is -0.488 e. The summed E-state index contributed by atoms with van der Waals surface area (Å²) in [6, 6.07) is 56.9. The Morgan fingerprint density at radius 2 is 0.719 bits per heavy atom. The van der Waals surface area contributed by atoms with Crippen LogP contribution in [-0.2, 0) is 33.5 Å². The molecule has 0 aliphatic rings. The maximum absolute atomic E-state index is 13.7. The quantitative estimate of drug-likeness (QED) is 0.0862. The highest BCUT2D eigenvalue weighted by molar-refractivity contribution is 7.91. The standard InChI is InChI=1S/C59H64O4S/c1-9-58(7,10-2)51-29-27-50(28-30-51)57(5,6)49-25-21-47(22-26-49)48-23-37-55(38-24-48)64(60,61)56-39-35-53(36-40-56)62-52-31-17-45(18-32-52)41-43-13-15-44(16-14-43)42-46-19-33-54(34-20-46)63-59(8,11-3)12-4/h13-40H,9-12,41-42H2,1-8H3. The van der Waals surface area contributed by atoms with Crippen LogP contribution in [0.3, 0.4) is 0 Å². The second-order valence-electron chi connectivity index (χ2n) is 18.4. The van der Waals surface area contributed by atoms with Crippen LogP contribution < -0.4 is 9.47 Å². The van der Waals surface area contributed by atoms with E-state index in [-0.39, 0.29) is 26.2 Å². The predicted molar refractivity (Wildman–Crippen MR) is 265 cm³/mol. The number of hydrogen-bond donors (Lipinski definition) is 0. The lowest BCUT2D eigenvalue weighted by Gasteiger charge is -2.30. The first-order valence-corrected chi connectivity index (χ1v) is 24.4. The summed E-state index contributed by atoms with van der Waals surface area (Å²) in [4.78, 5) is 0.471. The Bertz CT molecular complexity index is 2690. The Labute approximate surface area is 383 Å². The van der Waals surface area contributed by atoms with Gasteiger partial charge < -0.3 is 9.47 Å². The molecule has 0 atom stereocenters. The van der Waals surface area contributed by atoms with Crippen LogP contribution in [0, 0.1) is 0 Å². The molecule has 5 heteroatoms. The molecule has 0 unspecified atom stereocenters. The molecule has 0 spiro atoms. The molecule has 0 N–H and O–H groups in total. The lowest BCUT2D eigenvalue weighted by atomic mass is 9.74. The van der Waals surface area contributed by atoms with Crippen molar-refractivity contribution >= 4 is 9.84 Å². The lowest BCUT2D eigenvalue weighted by Crippen LogP contribution is -2.30. The van der Waals surface area contributed by atoms with Gasteiger partial charge >= 0.3 is 0 Å². The van der Waals surface area contributed by atoms with Crippen molar-refractivity contribution in [3.8, 4) is 28.4 Å². The second kappa shape index (κ2) is 19.5. The summed E-state index contributed by atoms with van der Waals surface area (Å²) < 4.78 is 39.7. The van der Waals surface area contributed by atoms with Gasteiger partial charge in [-0.3, -0.25) is 0 Å². The molecule has 7 rings (SSSR count). The molecular formula is C59H64O4S. The van der Waals surface area contributed by atoms with Gasteiger partial charge in [0.25, 0.3) is 0 Å². The van der Waals surface area contributed by atoms with Crippen LogP contribution in [-0.4, -0.2) is 14.0 Å². The molecule has 64 heavy (non-hydrogen) atoms. The third-order valence-electron chi connectivity index (χ3n) is 13.9. The summed E-state index contributed by atoms with van der Waals surface area (Å²) in [5.74, 6) is 2.18. The first-order chi connectivity index (χ1) is 30.7. The molecule has 0 heterocycles. The van der Waals surface area contributed by atoms with Gasteiger partial charge in [-0.15, -0.1) is 0 Å². The molecule has 0 amide bonds. The van der Waals surface area contributed by atoms with Crippen molar-refractivity contribution in [3.63, 3.8) is 0 Å². The van der Waals surface area contributed by atoms with E-state index in [1.807, 2.05) is 24.3 Å². The fourth-order valence-corrected chi connectivity index (χ4v) is 9.52. The summed E-state index contributed by atoms with van der Waals surface area (Å²) in [5, 5.41) is 0. The summed E-state index contributed by atoms with van der Waals surface area (Å²) in [5.41, 5.74) is 10.7. The third-order valence-corrected chi connectivity index (χ3v) is 15.7. The van der Waals surface area contributed by atoms with E-state index in [1.54, 1.807) is 36.4 Å². The number of sulfone groups is 1. The largest absolute Gasteiger partial charge is 0.488 e. The van der Waals surface area contributed by atoms with Crippen LogP contribution in [0.2, 0.25) is 0 Å². The van der Waals surface area contributed by atoms with Gasteiger partial charge in [-0.1, -0.05) is 158 Å². The van der Waals surface area contributed by atoms with Crippen LogP contribution in [0.25, 0.3) is 11.1 Å². The molecule has 0 saturated heterocycles. The van der Waals surface area contributed by atoms with Gasteiger partial charge in [0.05, 0.1) is 9.79 Å². The smallest absolute Gasteiger partial charge is 0.206 e. The first-order valence-electron chi connectivity index (χ1n) is 23.0. The van der Waals surface area contributed by atoms with Gasteiger partial charge in [0, 0.05) is 5.41 Å². The average molecular weight is 869 g/mol.